The van der Waals surface area contributed by atoms with Gasteiger partial charge in [0.15, 0.2) is 0 Å². The first-order valence-electron chi connectivity index (χ1n) is 9.28. The Labute approximate surface area is 188 Å². The van der Waals surface area contributed by atoms with E-state index < -0.39 is 0 Å². The molecule has 0 radical (unpaired) electrons. The summed E-state index contributed by atoms with van der Waals surface area (Å²) in [6.45, 7) is 6.69. The molecular formula is C23H24Br2O2S. The van der Waals surface area contributed by atoms with E-state index in [4.69, 9.17) is 4.74 Å². The maximum absolute atomic E-state index is 12.7. The molecular weight excluding hydrogens is 500 g/mol. The molecule has 2 unspecified atom stereocenters. The van der Waals surface area contributed by atoms with Gasteiger partial charge in [0.05, 0.1) is 9.31 Å². The highest BCUT2D eigenvalue weighted by Crippen LogP contribution is 2.61. The Hall–Kier alpha value is -1.04. The number of benzene rings is 2. The van der Waals surface area contributed by atoms with Gasteiger partial charge in [-0.25, -0.2) is 0 Å². The predicted octanol–water partition coefficient (Wildman–Crippen LogP) is 7.56. The summed E-state index contributed by atoms with van der Waals surface area (Å²) in [5.74, 6) is 0.198. The van der Waals surface area contributed by atoms with Crippen molar-refractivity contribution in [3.05, 3.63) is 69.1 Å². The molecule has 0 saturated heterocycles. The summed E-state index contributed by atoms with van der Waals surface area (Å²) in [4.78, 5) is 15.0. The van der Waals surface area contributed by atoms with Gasteiger partial charge >= 0.3 is 5.97 Å². The second-order valence-electron chi connectivity index (χ2n) is 7.82. The Balaban J connectivity index is 1.58. The predicted molar refractivity (Wildman–Crippen MR) is 123 cm³/mol. The fraction of sp³-hybridized carbons (Fsp3) is 0.348. The van der Waals surface area contributed by atoms with Crippen molar-refractivity contribution >= 4 is 49.6 Å². The Morgan fingerprint density at radius 2 is 1.75 bits per heavy atom. The highest BCUT2D eigenvalue weighted by atomic mass is 79.9. The lowest BCUT2D eigenvalue weighted by Gasteiger charge is -2.08. The number of carbonyl (C=O) groups is 1. The van der Waals surface area contributed by atoms with Crippen LogP contribution in [0.2, 0.25) is 0 Å². The molecule has 1 aliphatic rings. The molecule has 0 bridgehead atoms. The summed E-state index contributed by atoms with van der Waals surface area (Å²) in [6, 6.07) is 18.5. The highest BCUT2D eigenvalue weighted by molar-refractivity contribution is 9.28. The van der Waals surface area contributed by atoms with Crippen molar-refractivity contribution in [1.82, 2.24) is 0 Å². The molecule has 1 saturated carbocycles. The lowest BCUT2D eigenvalue weighted by Crippen LogP contribution is -2.10. The summed E-state index contributed by atoms with van der Waals surface area (Å²) < 4.78 is 6.65. The van der Waals surface area contributed by atoms with Gasteiger partial charge < -0.3 is 4.74 Å². The first-order valence-corrected chi connectivity index (χ1v) is 11.7. The van der Waals surface area contributed by atoms with Gasteiger partial charge in [0.25, 0.3) is 0 Å². The Morgan fingerprint density at radius 3 is 2.43 bits per heavy atom. The van der Waals surface area contributed by atoms with E-state index in [0.717, 1.165) is 20.3 Å². The Morgan fingerprint density at radius 1 is 1.07 bits per heavy atom. The number of halogens is 2. The summed E-state index contributed by atoms with van der Waals surface area (Å²) in [7, 11) is 0. The molecule has 148 valence electrons. The first kappa shape index (κ1) is 21.7. The maximum Gasteiger partial charge on any atom is 0.310 e. The molecule has 0 heterocycles. The average Bonchev–Trinajstić information content (AvgIpc) is 3.21. The van der Waals surface area contributed by atoms with Crippen LogP contribution in [0.5, 0.6) is 0 Å². The molecule has 2 nitrogen and oxygen atoms in total. The van der Waals surface area contributed by atoms with Crippen molar-refractivity contribution in [3.63, 3.8) is 0 Å². The van der Waals surface area contributed by atoms with Gasteiger partial charge in [-0.2, -0.15) is 0 Å². The van der Waals surface area contributed by atoms with Crippen molar-refractivity contribution < 1.29 is 9.53 Å². The third kappa shape index (κ3) is 5.31. The summed E-state index contributed by atoms with van der Waals surface area (Å²) in [5.41, 5.74) is 2.22. The molecule has 0 spiro atoms. The third-order valence-corrected chi connectivity index (χ3v) is 7.76. The van der Waals surface area contributed by atoms with Gasteiger partial charge in [-0.1, -0.05) is 61.5 Å². The van der Waals surface area contributed by atoms with Crippen molar-refractivity contribution in [2.24, 2.45) is 17.3 Å². The number of hydrogen-bond donors (Lipinski definition) is 0. The van der Waals surface area contributed by atoms with Crippen LogP contribution in [0.1, 0.15) is 32.8 Å². The zero-order valence-corrected chi connectivity index (χ0v) is 20.2. The van der Waals surface area contributed by atoms with Gasteiger partial charge in [-0.3, -0.25) is 4.79 Å². The largest absolute Gasteiger partial charge is 0.461 e. The zero-order valence-electron chi connectivity index (χ0n) is 16.2. The molecule has 2 aromatic carbocycles. The minimum atomic E-state index is -0.0883. The maximum atomic E-state index is 12.7. The SMILES string of the molecule is CC(CC1C(C(=O)OCc2cccc(Sc3ccccc3)c2)C1(C)C)=C(Br)Br. The molecule has 2 aromatic rings. The monoisotopic (exact) mass is 522 g/mol. The van der Waals surface area contributed by atoms with Crippen LogP contribution < -0.4 is 0 Å². The number of hydrogen-bond acceptors (Lipinski definition) is 3. The van der Waals surface area contributed by atoms with Crippen molar-refractivity contribution in [2.75, 3.05) is 0 Å². The molecule has 0 amide bonds. The molecule has 3 rings (SSSR count). The molecule has 0 aromatic heterocycles. The minimum absolute atomic E-state index is 0.0151. The average molecular weight is 524 g/mol. The van der Waals surface area contributed by atoms with Gasteiger partial charge in [0.2, 0.25) is 0 Å². The van der Waals surface area contributed by atoms with E-state index in [9.17, 15) is 4.79 Å². The Bertz CT molecular complexity index is 873. The molecule has 1 aliphatic carbocycles. The van der Waals surface area contributed by atoms with E-state index in [0.29, 0.717) is 12.5 Å². The highest BCUT2D eigenvalue weighted by Gasteiger charge is 2.62. The van der Waals surface area contributed by atoms with Crippen molar-refractivity contribution in [2.45, 2.75) is 43.6 Å². The zero-order chi connectivity index (χ0) is 20.3. The van der Waals surface area contributed by atoms with Crippen LogP contribution in [0.15, 0.2) is 73.4 Å². The Kier molecular flexibility index (Phi) is 7.11. The summed E-state index contributed by atoms with van der Waals surface area (Å²) in [6.07, 6.45) is 0.891. The van der Waals surface area contributed by atoms with Crippen LogP contribution in [0.25, 0.3) is 0 Å². The number of rotatable bonds is 7. The topological polar surface area (TPSA) is 26.3 Å². The van der Waals surface area contributed by atoms with Crippen LogP contribution >= 0.6 is 43.6 Å². The van der Waals surface area contributed by atoms with E-state index in [2.05, 4.69) is 76.9 Å². The second-order valence-corrected chi connectivity index (χ2v) is 11.6. The fourth-order valence-electron chi connectivity index (χ4n) is 3.57. The summed E-state index contributed by atoms with van der Waals surface area (Å²) >= 11 is 8.63. The smallest absolute Gasteiger partial charge is 0.310 e. The second kappa shape index (κ2) is 9.19. The molecule has 0 N–H and O–H groups in total. The number of allylic oxidation sites excluding steroid dienone is 1. The van der Waals surface area contributed by atoms with Crippen LogP contribution in [0, 0.1) is 17.3 Å². The molecule has 5 heteroatoms. The lowest BCUT2D eigenvalue weighted by atomic mass is 10.0. The number of esters is 1. The molecule has 1 fully saturated rings. The van der Waals surface area contributed by atoms with E-state index in [-0.39, 0.29) is 17.3 Å². The quantitative estimate of drug-likeness (QED) is 0.350. The first-order chi connectivity index (χ1) is 13.3. The van der Waals surface area contributed by atoms with Crippen LogP contribution in [-0.4, -0.2) is 5.97 Å². The van der Waals surface area contributed by atoms with Crippen molar-refractivity contribution in [3.8, 4) is 0 Å². The molecule has 28 heavy (non-hydrogen) atoms. The van der Waals surface area contributed by atoms with E-state index >= 15 is 0 Å². The van der Waals surface area contributed by atoms with Gasteiger partial charge in [-0.15, -0.1) is 0 Å². The van der Waals surface area contributed by atoms with Gasteiger partial charge in [-0.05, 0) is 86.4 Å². The molecule has 2 atom stereocenters. The van der Waals surface area contributed by atoms with Crippen LogP contribution in [0.4, 0.5) is 0 Å². The van der Waals surface area contributed by atoms with Crippen LogP contribution in [-0.2, 0) is 16.1 Å². The van der Waals surface area contributed by atoms with E-state index in [1.165, 1.54) is 10.5 Å². The van der Waals surface area contributed by atoms with Gasteiger partial charge in [0, 0.05) is 9.79 Å². The minimum Gasteiger partial charge on any atom is -0.461 e. The van der Waals surface area contributed by atoms with Crippen molar-refractivity contribution in [1.29, 1.82) is 0 Å². The fourth-order valence-corrected chi connectivity index (χ4v) is 4.81. The number of ether oxygens (including phenoxy) is 1. The lowest BCUT2D eigenvalue weighted by molar-refractivity contribution is -0.147. The third-order valence-electron chi connectivity index (χ3n) is 5.41. The van der Waals surface area contributed by atoms with E-state index in [1.54, 1.807) is 11.8 Å². The summed E-state index contributed by atoms with van der Waals surface area (Å²) in [5, 5.41) is 0. The van der Waals surface area contributed by atoms with Gasteiger partial charge in [0.1, 0.15) is 6.61 Å². The number of carbonyl (C=O) groups excluding carboxylic acids is 1. The normalized spacial score (nSPS) is 19.8. The van der Waals surface area contributed by atoms with E-state index in [1.807, 2.05) is 30.3 Å². The van der Waals surface area contributed by atoms with Crippen LogP contribution in [0.3, 0.4) is 0 Å². The molecule has 0 aliphatic heterocycles. The standard InChI is InChI=1S/C23H24Br2O2S/c1-15(21(24)25)12-19-20(23(19,2)3)22(26)27-14-16-8-7-11-18(13-16)28-17-9-5-4-6-10-17/h4-11,13,19-20H,12,14H2,1-3H3.